The van der Waals surface area contributed by atoms with Gasteiger partial charge in [-0.15, -0.1) is 0 Å². The number of aliphatic carboxylic acids is 1. The Balaban J connectivity index is 1.77. The van der Waals surface area contributed by atoms with Gasteiger partial charge in [0.2, 0.25) is 0 Å². The number of amidine groups is 1. The normalized spacial score (nSPS) is 12.8. The number of rotatable bonds is 3. The van der Waals surface area contributed by atoms with Crippen molar-refractivity contribution in [2.24, 2.45) is 5.73 Å². The number of carbonyl (C=O) groups excluding carboxylic acids is 2. The topological polar surface area (TPSA) is 128 Å². The third-order valence-electron chi connectivity index (χ3n) is 4.81. The van der Waals surface area contributed by atoms with Crippen LogP contribution in [-0.4, -0.2) is 47.2 Å². The number of nitrogens with zero attached hydrogens (tertiary/aromatic N) is 2. The van der Waals surface area contributed by atoms with Crippen molar-refractivity contribution < 1.29 is 19.5 Å². The van der Waals surface area contributed by atoms with E-state index in [0.29, 0.717) is 29.8 Å². The lowest BCUT2D eigenvalue weighted by atomic mass is 9.96. The van der Waals surface area contributed by atoms with Crippen molar-refractivity contribution in [1.29, 1.82) is 5.41 Å². The number of benzene rings is 2. The highest BCUT2D eigenvalue weighted by Gasteiger charge is 2.26. The second-order valence-electron chi connectivity index (χ2n) is 6.59. The van der Waals surface area contributed by atoms with E-state index < -0.39 is 11.9 Å². The van der Waals surface area contributed by atoms with Crippen LogP contribution in [-0.2, 0) is 22.6 Å². The first kappa shape index (κ1) is 19.1. The van der Waals surface area contributed by atoms with Crippen LogP contribution >= 0.6 is 0 Å². The number of carboxylic acid groups (broad SMARTS) is 1. The number of nitrogen functional groups attached to an aromatic ring is 1. The minimum Gasteiger partial charge on any atom is -0.474 e. The van der Waals surface area contributed by atoms with E-state index in [-0.39, 0.29) is 18.3 Å². The summed E-state index contributed by atoms with van der Waals surface area (Å²) in [6.45, 7) is 0.523. The highest BCUT2D eigenvalue weighted by Crippen LogP contribution is 2.23. The van der Waals surface area contributed by atoms with Crippen LogP contribution in [0.15, 0.2) is 42.5 Å². The van der Waals surface area contributed by atoms with Crippen molar-refractivity contribution in [2.75, 3.05) is 18.5 Å². The molecule has 0 fully saturated rings. The second-order valence-corrected chi connectivity index (χ2v) is 6.59. The summed E-state index contributed by atoms with van der Waals surface area (Å²) >= 11 is 0. The smallest absolute Gasteiger partial charge is 0.394 e. The Morgan fingerprint density at radius 1 is 1.07 bits per heavy atom. The maximum Gasteiger partial charge on any atom is 0.394 e. The summed E-state index contributed by atoms with van der Waals surface area (Å²) in [4.78, 5) is 38.1. The number of anilines is 1. The van der Waals surface area contributed by atoms with E-state index >= 15 is 0 Å². The van der Waals surface area contributed by atoms with Gasteiger partial charge in [-0.2, -0.15) is 0 Å². The van der Waals surface area contributed by atoms with Crippen LogP contribution in [0.3, 0.4) is 0 Å². The summed E-state index contributed by atoms with van der Waals surface area (Å²) < 4.78 is 0. The van der Waals surface area contributed by atoms with Gasteiger partial charge in [0.05, 0.1) is 0 Å². The van der Waals surface area contributed by atoms with E-state index in [4.69, 9.17) is 16.2 Å². The maximum absolute atomic E-state index is 12.8. The van der Waals surface area contributed by atoms with Gasteiger partial charge in [-0.25, -0.2) is 4.79 Å². The molecule has 0 spiro atoms. The van der Waals surface area contributed by atoms with Crippen LogP contribution in [0, 0.1) is 5.41 Å². The Hall–Kier alpha value is -3.68. The van der Waals surface area contributed by atoms with Crippen LogP contribution < -0.4 is 10.6 Å². The van der Waals surface area contributed by atoms with Gasteiger partial charge in [-0.3, -0.25) is 15.0 Å². The monoisotopic (exact) mass is 380 g/mol. The van der Waals surface area contributed by atoms with Gasteiger partial charge in [0.25, 0.3) is 5.91 Å². The molecule has 0 saturated heterocycles. The van der Waals surface area contributed by atoms with Crippen LogP contribution in [0.5, 0.6) is 0 Å². The lowest BCUT2D eigenvalue weighted by molar-refractivity contribution is -0.156. The zero-order valence-electron chi connectivity index (χ0n) is 15.3. The number of fused-ring (bicyclic) bond motifs is 1. The van der Waals surface area contributed by atoms with E-state index in [1.54, 1.807) is 49.5 Å². The predicted octanol–water partition coefficient (Wildman–Crippen LogP) is 1.22. The zero-order chi connectivity index (χ0) is 20.4. The molecule has 1 aliphatic rings. The molecule has 0 atom stereocenters. The molecule has 1 heterocycles. The van der Waals surface area contributed by atoms with Crippen LogP contribution in [0.25, 0.3) is 0 Å². The zero-order valence-corrected chi connectivity index (χ0v) is 15.3. The van der Waals surface area contributed by atoms with Crippen LogP contribution in [0.1, 0.15) is 27.0 Å². The first-order valence-electron chi connectivity index (χ1n) is 8.64. The standard InChI is InChI=1S/C20H20N4O4/c1-23(16-6-4-12(5-7-16)17(21)22)18(25)14-2-3-15-11-24(19(26)20(27)28)9-8-13(15)10-14/h2-7,10H,8-9,11H2,1H3,(H3,21,22)(H,27,28). The molecule has 2 aromatic rings. The predicted molar refractivity (Wildman–Crippen MR) is 103 cm³/mol. The minimum absolute atomic E-state index is 0.0364. The van der Waals surface area contributed by atoms with Gasteiger partial charge in [0.15, 0.2) is 0 Å². The molecule has 3 rings (SSSR count). The van der Waals surface area contributed by atoms with E-state index in [1.807, 2.05) is 0 Å². The Bertz CT molecular complexity index is 969. The summed E-state index contributed by atoms with van der Waals surface area (Å²) in [6, 6.07) is 12.0. The first-order valence-corrected chi connectivity index (χ1v) is 8.64. The Morgan fingerprint density at radius 3 is 2.32 bits per heavy atom. The quantitative estimate of drug-likeness (QED) is 0.419. The Morgan fingerprint density at radius 2 is 1.71 bits per heavy atom. The van der Waals surface area contributed by atoms with Crippen molar-refractivity contribution in [2.45, 2.75) is 13.0 Å². The van der Waals surface area contributed by atoms with Gasteiger partial charge in [-0.1, -0.05) is 6.07 Å². The molecule has 0 aliphatic carbocycles. The number of amides is 2. The molecule has 0 radical (unpaired) electrons. The largest absolute Gasteiger partial charge is 0.474 e. The Kier molecular flexibility index (Phi) is 5.12. The fourth-order valence-corrected chi connectivity index (χ4v) is 3.17. The van der Waals surface area contributed by atoms with Crippen LogP contribution in [0.2, 0.25) is 0 Å². The molecule has 144 valence electrons. The second kappa shape index (κ2) is 7.51. The molecule has 1 aliphatic heterocycles. The molecule has 0 aromatic heterocycles. The lowest BCUT2D eigenvalue weighted by Gasteiger charge is -2.28. The van der Waals surface area contributed by atoms with Gasteiger partial charge in [0, 0.05) is 37.0 Å². The van der Waals surface area contributed by atoms with Gasteiger partial charge in [-0.05, 0) is 53.9 Å². The van der Waals surface area contributed by atoms with Crippen molar-refractivity contribution in [3.05, 3.63) is 64.7 Å². The van der Waals surface area contributed by atoms with Crippen molar-refractivity contribution in [1.82, 2.24) is 4.90 Å². The van der Waals surface area contributed by atoms with Gasteiger partial charge < -0.3 is 20.6 Å². The van der Waals surface area contributed by atoms with E-state index in [2.05, 4.69) is 0 Å². The molecular formula is C20H20N4O4. The lowest BCUT2D eigenvalue weighted by Crippen LogP contribution is -2.40. The number of hydrogen-bond acceptors (Lipinski definition) is 4. The third kappa shape index (κ3) is 3.71. The van der Waals surface area contributed by atoms with Crippen LogP contribution in [0.4, 0.5) is 5.69 Å². The summed E-state index contributed by atoms with van der Waals surface area (Å²) in [5.74, 6) is -2.61. The molecule has 28 heavy (non-hydrogen) atoms. The summed E-state index contributed by atoms with van der Waals surface area (Å²) in [5, 5.41) is 16.3. The number of hydrogen-bond donors (Lipinski definition) is 3. The highest BCUT2D eigenvalue weighted by atomic mass is 16.4. The van der Waals surface area contributed by atoms with Gasteiger partial charge >= 0.3 is 11.9 Å². The number of carboxylic acids is 1. The summed E-state index contributed by atoms with van der Waals surface area (Å²) in [5.41, 5.74) is 8.98. The van der Waals surface area contributed by atoms with Crippen molar-refractivity contribution in [3.63, 3.8) is 0 Å². The van der Waals surface area contributed by atoms with Gasteiger partial charge in [0.1, 0.15) is 5.84 Å². The average Bonchev–Trinajstić information content (AvgIpc) is 2.71. The maximum atomic E-state index is 12.8. The van der Waals surface area contributed by atoms with Crippen molar-refractivity contribution >= 4 is 29.3 Å². The summed E-state index contributed by atoms with van der Waals surface area (Å²) in [7, 11) is 1.66. The van der Waals surface area contributed by atoms with E-state index in [1.165, 1.54) is 9.80 Å². The van der Waals surface area contributed by atoms with Crippen molar-refractivity contribution in [3.8, 4) is 0 Å². The molecule has 2 aromatic carbocycles. The molecule has 0 unspecified atom stereocenters. The Labute approximate surface area is 161 Å². The average molecular weight is 380 g/mol. The highest BCUT2D eigenvalue weighted by molar-refractivity contribution is 6.31. The number of carbonyl (C=O) groups is 3. The van der Waals surface area contributed by atoms with E-state index in [0.717, 1.165) is 11.1 Å². The molecule has 2 amide bonds. The number of nitrogens with one attached hydrogen (secondary N) is 1. The first-order chi connectivity index (χ1) is 13.3. The summed E-state index contributed by atoms with van der Waals surface area (Å²) in [6.07, 6.45) is 0.493. The molecular weight excluding hydrogens is 360 g/mol. The third-order valence-corrected chi connectivity index (χ3v) is 4.81. The molecule has 4 N–H and O–H groups in total. The molecule has 0 bridgehead atoms. The fourth-order valence-electron chi connectivity index (χ4n) is 3.17. The van der Waals surface area contributed by atoms with E-state index in [9.17, 15) is 14.4 Å². The fraction of sp³-hybridized carbons (Fsp3) is 0.200. The molecule has 0 saturated carbocycles. The molecule has 8 nitrogen and oxygen atoms in total. The SMILES string of the molecule is CN(C(=O)c1ccc2c(c1)CCN(C(=O)C(=O)O)C2)c1ccc(C(=N)N)cc1. The number of nitrogens with two attached hydrogens (primary N) is 1. The minimum atomic E-state index is -1.47. The molecule has 8 heteroatoms.